The van der Waals surface area contributed by atoms with Gasteiger partial charge in [-0.1, -0.05) is 0 Å². The van der Waals surface area contributed by atoms with Crippen molar-refractivity contribution in [2.75, 3.05) is 37.5 Å². The normalized spacial score (nSPS) is 17.5. The fourth-order valence-electron chi connectivity index (χ4n) is 2.22. The van der Waals surface area contributed by atoms with Crippen molar-refractivity contribution >= 4 is 25.5 Å². The van der Waals surface area contributed by atoms with Crippen LogP contribution >= 0.6 is 0 Å². The first-order valence-corrected chi connectivity index (χ1v) is 9.83. The minimum absolute atomic E-state index is 0.0316. The molecule has 9 heteroatoms. The SMILES string of the molecule is CS(=O)(=O)c1cc(S(N)(=O)=O)ccc1N1CCCOCC1. The first-order valence-electron chi connectivity index (χ1n) is 6.39. The summed E-state index contributed by atoms with van der Waals surface area (Å²) in [4.78, 5) is 1.64. The molecule has 1 saturated heterocycles. The first kappa shape index (κ1) is 16.2. The highest BCUT2D eigenvalue weighted by Gasteiger charge is 2.22. The number of rotatable bonds is 3. The molecule has 0 amide bonds. The van der Waals surface area contributed by atoms with E-state index in [4.69, 9.17) is 9.88 Å². The van der Waals surface area contributed by atoms with E-state index < -0.39 is 19.9 Å². The van der Waals surface area contributed by atoms with E-state index in [1.807, 2.05) is 4.90 Å². The Morgan fingerprint density at radius 1 is 1.14 bits per heavy atom. The van der Waals surface area contributed by atoms with Gasteiger partial charge in [-0.15, -0.1) is 0 Å². The summed E-state index contributed by atoms with van der Waals surface area (Å²) >= 11 is 0. The topological polar surface area (TPSA) is 107 Å². The zero-order chi connectivity index (χ0) is 15.7. The quantitative estimate of drug-likeness (QED) is 0.831. The van der Waals surface area contributed by atoms with Crippen LogP contribution in [0.3, 0.4) is 0 Å². The lowest BCUT2D eigenvalue weighted by molar-refractivity contribution is 0.152. The van der Waals surface area contributed by atoms with Crippen molar-refractivity contribution in [3.63, 3.8) is 0 Å². The van der Waals surface area contributed by atoms with Gasteiger partial charge in [-0.05, 0) is 24.6 Å². The van der Waals surface area contributed by atoms with Crippen molar-refractivity contribution in [1.29, 1.82) is 0 Å². The van der Waals surface area contributed by atoms with Gasteiger partial charge in [-0.25, -0.2) is 22.0 Å². The summed E-state index contributed by atoms with van der Waals surface area (Å²) in [5.74, 6) is 0. The van der Waals surface area contributed by atoms with Gasteiger partial charge < -0.3 is 9.64 Å². The molecule has 0 bridgehead atoms. The molecule has 1 fully saturated rings. The average molecular weight is 334 g/mol. The zero-order valence-corrected chi connectivity index (χ0v) is 13.3. The third-order valence-corrected chi connectivity index (χ3v) is 5.26. The molecule has 7 nitrogen and oxygen atoms in total. The van der Waals surface area contributed by atoms with Crippen molar-refractivity contribution in [2.45, 2.75) is 16.2 Å². The lowest BCUT2D eigenvalue weighted by atomic mass is 10.2. The van der Waals surface area contributed by atoms with Crippen LogP contribution in [-0.4, -0.2) is 49.4 Å². The maximum Gasteiger partial charge on any atom is 0.238 e. The highest BCUT2D eigenvalue weighted by atomic mass is 32.2. The van der Waals surface area contributed by atoms with Crippen LogP contribution in [0.25, 0.3) is 0 Å². The van der Waals surface area contributed by atoms with Crippen LogP contribution in [-0.2, 0) is 24.6 Å². The lowest BCUT2D eigenvalue weighted by Crippen LogP contribution is -2.27. The predicted molar refractivity (Wildman–Crippen MR) is 78.6 cm³/mol. The summed E-state index contributed by atoms with van der Waals surface area (Å²) in [6.07, 6.45) is 1.83. The van der Waals surface area contributed by atoms with E-state index in [-0.39, 0.29) is 9.79 Å². The van der Waals surface area contributed by atoms with Gasteiger partial charge in [0.1, 0.15) is 0 Å². The maximum atomic E-state index is 12.0. The second kappa shape index (κ2) is 5.91. The van der Waals surface area contributed by atoms with E-state index >= 15 is 0 Å². The molecule has 0 spiro atoms. The van der Waals surface area contributed by atoms with Gasteiger partial charge in [-0.3, -0.25) is 0 Å². The minimum atomic E-state index is -3.95. The molecule has 0 radical (unpaired) electrons. The molecule has 2 N–H and O–H groups in total. The molecule has 0 unspecified atom stereocenters. The molecule has 0 aromatic heterocycles. The number of benzene rings is 1. The number of sulfonamides is 1. The molecule has 1 aromatic rings. The smallest absolute Gasteiger partial charge is 0.238 e. The molecule has 1 heterocycles. The first-order chi connectivity index (χ1) is 9.69. The van der Waals surface area contributed by atoms with Crippen LogP contribution in [0.15, 0.2) is 28.0 Å². The Morgan fingerprint density at radius 2 is 1.86 bits per heavy atom. The average Bonchev–Trinajstić information content (AvgIpc) is 2.64. The number of hydrogen-bond acceptors (Lipinski definition) is 6. The molecular formula is C12H18N2O5S2. The summed E-state index contributed by atoms with van der Waals surface area (Å²) in [5.41, 5.74) is 0.482. The van der Waals surface area contributed by atoms with E-state index in [0.29, 0.717) is 32.0 Å². The fraction of sp³-hybridized carbons (Fsp3) is 0.500. The van der Waals surface area contributed by atoms with E-state index in [1.165, 1.54) is 12.1 Å². The predicted octanol–water partition coefficient (Wildman–Crippen LogP) is -0.0358. The van der Waals surface area contributed by atoms with Crippen LogP contribution in [0.5, 0.6) is 0 Å². The third kappa shape index (κ3) is 3.94. The number of nitrogens with zero attached hydrogens (tertiary/aromatic N) is 1. The molecular weight excluding hydrogens is 316 g/mol. The Kier molecular flexibility index (Phi) is 4.57. The summed E-state index contributed by atoms with van der Waals surface area (Å²) < 4.78 is 52.1. The van der Waals surface area contributed by atoms with E-state index in [9.17, 15) is 16.8 Å². The Hall–Kier alpha value is -1.16. The number of hydrogen-bond donors (Lipinski definition) is 1. The molecule has 1 aliphatic heterocycles. The van der Waals surface area contributed by atoms with Crippen LogP contribution in [0.4, 0.5) is 5.69 Å². The number of nitrogens with two attached hydrogens (primary N) is 1. The monoisotopic (exact) mass is 334 g/mol. The maximum absolute atomic E-state index is 12.0. The van der Waals surface area contributed by atoms with Crippen molar-refractivity contribution in [3.8, 4) is 0 Å². The number of ether oxygens (including phenoxy) is 1. The summed E-state index contributed by atoms with van der Waals surface area (Å²) in [6, 6.07) is 3.93. The van der Waals surface area contributed by atoms with Crippen molar-refractivity contribution < 1.29 is 21.6 Å². The standard InChI is InChI=1S/C12H18N2O5S2/c1-20(15,16)12-9-10(21(13,17)18)3-4-11(12)14-5-2-7-19-8-6-14/h3-4,9H,2,5-8H2,1H3,(H2,13,17,18). The zero-order valence-electron chi connectivity index (χ0n) is 11.6. The van der Waals surface area contributed by atoms with Crippen molar-refractivity contribution in [2.24, 2.45) is 5.14 Å². The number of sulfone groups is 1. The van der Waals surface area contributed by atoms with Gasteiger partial charge in [-0.2, -0.15) is 0 Å². The van der Waals surface area contributed by atoms with Crippen molar-refractivity contribution in [1.82, 2.24) is 0 Å². The Balaban J connectivity index is 2.55. The largest absolute Gasteiger partial charge is 0.380 e. The van der Waals surface area contributed by atoms with Crippen LogP contribution in [0.2, 0.25) is 0 Å². The highest BCUT2D eigenvalue weighted by molar-refractivity contribution is 7.91. The molecule has 0 saturated carbocycles. The number of anilines is 1. The van der Waals surface area contributed by atoms with Gasteiger partial charge in [0, 0.05) is 26.0 Å². The van der Waals surface area contributed by atoms with Gasteiger partial charge in [0.2, 0.25) is 10.0 Å². The van der Waals surface area contributed by atoms with E-state index in [2.05, 4.69) is 0 Å². The summed E-state index contributed by atoms with van der Waals surface area (Å²) in [7, 11) is -7.53. The lowest BCUT2D eigenvalue weighted by Gasteiger charge is -2.24. The Morgan fingerprint density at radius 3 is 2.48 bits per heavy atom. The Labute approximate surface area is 124 Å². The molecule has 1 aliphatic rings. The summed E-state index contributed by atoms with van der Waals surface area (Å²) in [6.45, 7) is 2.33. The molecule has 2 rings (SSSR count). The summed E-state index contributed by atoms with van der Waals surface area (Å²) in [5, 5.41) is 5.07. The molecule has 0 atom stereocenters. The second-order valence-corrected chi connectivity index (χ2v) is 8.45. The second-order valence-electron chi connectivity index (χ2n) is 4.90. The van der Waals surface area contributed by atoms with Crippen LogP contribution < -0.4 is 10.0 Å². The van der Waals surface area contributed by atoms with Crippen molar-refractivity contribution in [3.05, 3.63) is 18.2 Å². The number of primary sulfonamides is 1. The van der Waals surface area contributed by atoms with Crippen LogP contribution in [0, 0.1) is 0 Å². The molecule has 118 valence electrons. The van der Waals surface area contributed by atoms with E-state index in [1.54, 1.807) is 0 Å². The minimum Gasteiger partial charge on any atom is -0.380 e. The van der Waals surface area contributed by atoms with Gasteiger partial charge in [0.25, 0.3) is 0 Å². The molecule has 1 aromatic carbocycles. The fourth-order valence-corrected chi connectivity index (χ4v) is 3.75. The molecule has 21 heavy (non-hydrogen) atoms. The highest BCUT2D eigenvalue weighted by Crippen LogP contribution is 2.28. The van der Waals surface area contributed by atoms with E-state index in [0.717, 1.165) is 18.7 Å². The third-order valence-electron chi connectivity index (χ3n) is 3.22. The van der Waals surface area contributed by atoms with Gasteiger partial charge in [0.15, 0.2) is 9.84 Å². The van der Waals surface area contributed by atoms with Gasteiger partial charge >= 0.3 is 0 Å². The van der Waals surface area contributed by atoms with Gasteiger partial charge in [0.05, 0.1) is 22.1 Å². The van der Waals surface area contributed by atoms with Crippen LogP contribution in [0.1, 0.15) is 6.42 Å². The molecule has 0 aliphatic carbocycles. The Bertz CT molecular complexity index is 720.